The highest BCUT2D eigenvalue weighted by Crippen LogP contribution is 2.26. The number of hydrogen-bond donors (Lipinski definition) is 2. The highest BCUT2D eigenvalue weighted by Gasteiger charge is 2.21. The van der Waals surface area contributed by atoms with Crippen LogP contribution in [0.5, 0.6) is 0 Å². The number of anilines is 1. The number of carbonyl (C=O) groups is 1. The average molecular weight is 343 g/mol. The number of nitrogens with one attached hydrogen (secondary N) is 2. The largest absolute Gasteiger partial charge is 0.382 e. The zero-order valence-electron chi connectivity index (χ0n) is 13.5. The molecule has 1 rings (SSSR count). The van der Waals surface area contributed by atoms with E-state index >= 15 is 0 Å². The Labute approximate surface area is 135 Å². The predicted molar refractivity (Wildman–Crippen MR) is 87.2 cm³/mol. The van der Waals surface area contributed by atoms with Gasteiger partial charge in [0.25, 0.3) is 5.69 Å². The van der Waals surface area contributed by atoms with E-state index in [1.807, 2.05) is 0 Å². The summed E-state index contributed by atoms with van der Waals surface area (Å²) in [5.74, 6) is -0.119. The van der Waals surface area contributed by atoms with Crippen LogP contribution >= 0.6 is 0 Å². The van der Waals surface area contributed by atoms with Crippen LogP contribution in [0.15, 0.2) is 23.1 Å². The zero-order chi connectivity index (χ0) is 17.8. The van der Waals surface area contributed by atoms with Crippen LogP contribution in [0.3, 0.4) is 0 Å². The van der Waals surface area contributed by atoms with Gasteiger partial charge in [0.15, 0.2) is 9.84 Å². The topological polar surface area (TPSA) is 118 Å². The molecular weight excluding hydrogens is 322 g/mol. The number of sulfone groups is 1. The number of amides is 1. The van der Waals surface area contributed by atoms with Gasteiger partial charge in [0, 0.05) is 36.9 Å². The molecule has 0 spiro atoms. The molecule has 1 aromatic rings. The standard InChI is InChI=1S/C14H21N3O5S/c1-14(2,3)13(18)16-8-7-15-11-6-5-10(17(19)20)9-12(11)23(4,21)22/h5-6,9,15H,7-8H2,1-4H3,(H,16,18). The van der Waals surface area contributed by atoms with Gasteiger partial charge in [-0.1, -0.05) is 20.8 Å². The van der Waals surface area contributed by atoms with Crippen molar-refractivity contribution < 1.29 is 18.1 Å². The Morgan fingerprint density at radius 2 is 1.87 bits per heavy atom. The van der Waals surface area contributed by atoms with E-state index in [1.54, 1.807) is 20.8 Å². The summed E-state index contributed by atoms with van der Waals surface area (Å²) < 4.78 is 23.5. The Hall–Kier alpha value is -2.16. The number of non-ortho nitro benzene ring substituents is 1. The fourth-order valence-corrected chi connectivity index (χ4v) is 2.59. The molecule has 0 saturated carbocycles. The number of nitro benzene ring substituents is 1. The van der Waals surface area contributed by atoms with Crippen LogP contribution in [-0.4, -0.2) is 38.6 Å². The van der Waals surface area contributed by atoms with Crippen molar-refractivity contribution in [2.24, 2.45) is 5.41 Å². The fraction of sp³-hybridized carbons (Fsp3) is 0.500. The lowest BCUT2D eigenvalue weighted by Crippen LogP contribution is -2.37. The van der Waals surface area contributed by atoms with Crippen LogP contribution in [0.1, 0.15) is 20.8 Å². The summed E-state index contributed by atoms with van der Waals surface area (Å²) in [5.41, 5.74) is -0.536. The molecule has 9 heteroatoms. The smallest absolute Gasteiger partial charge is 0.270 e. The molecule has 0 aliphatic heterocycles. The second-order valence-electron chi connectivity index (χ2n) is 6.14. The van der Waals surface area contributed by atoms with Gasteiger partial charge in [-0.25, -0.2) is 8.42 Å². The number of carbonyl (C=O) groups excluding carboxylic acids is 1. The molecule has 0 bridgehead atoms. The van der Waals surface area contributed by atoms with Crippen LogP contribution in [0.25, 0.3) is 0 Å². The molecule has 1 aromatic carbocycles. The van der Waals surface area contributed by atoms with Gasteiger partial charge in [-0.15, -0.1) is 0 Å². The van der Waals surface area contributed by atoms with E-state index in [0.717, 1.165) is 12.3 Å². The molecule has 0 unspecified atom stereocenters. The minimum absolute atomic E-state index is 0.119. The monoisotopic (exact) mass is 343 g/mol. The molecule has 128 valence electrons. The van der Waals surface area contributed by atoms with Crippen LogP contribution in [0.2, 0.25) is 0 Å². The third-order valence-corrected chi connectivity index (χ3v) is 4.12. The molecule has 0 radical (unpaired) electrons. The maximum Gasteiger partial charge on any atom is 0.270 e. The van der Waals surface area contributed by atoms with E-state index in [2.05, 4.69) is 10.6 Å². The number of rotatable bonds is 6. The van der Waals surface area contributed by atoms with Gasteiger partial charge in [0.2, 0.25) is 5.91 Å². The third-order valence-electron chi connectivity index (χ3n) is 2.98. The van der Waals surface area contributed by atoms with E-state index in [0.29, 0.717) is 13.1 Å². The van der Waals surface area contributed by atoms with Gasteiger partial charge in [-0.2, -0.15) is 0 Å². The summed E-state index contributed by atoms with van der Waals surface area (Å²) in [6, 6.07) is 3.59. The van der Waals surface area contributed by atoms with Gasteiger partial charge in [-0.3, -0.25) is 14.9 Å². The first kappa shape index (κ1) is 18.9. The molecule has 0 heterocycles. The maximum atomic E-state index is 11.8. The quantitative estimate of drug-likeness (QED) is 0.460. The van der Waals surface area contributed by atoms with Crippen LogP contribution in [0.4, 0.5) is 11.4 Å². The van der Waals surface area contributed by atoms with Crippen molar-refractivity contribution in [3.8, 4) is 0 Å². The summed E-state index contributed by atoms with van der Waals surface area (Å²) in [4.78, 5) is 21.7. The first-order valence-electron chi connectivity index (χ1n) is 6.93. The van der Waals surface area contributed by atoms with Crippen molar-refractivity contribution in [2.75, 3.05) is 24.7 Å². The molecular formula is C14H21N3O5S. The number of nitrogens with zero attached hydrogens (tertiary/aromatic N) is 1. The molecule has 0 atom stereocenters. The number of nitro groups is 1. The van der Waals surface area contributed by atoms with Crippen molar-refractivity contribution >= 4 is 27.1 Å². The van der Waals surface area contributed by atoms with Crippen molar-refractivity contribution in [1.82, 2.24) is 5.32 Å². The van der Waals surface area contributed by atoms with Crippen molar-refractivity contribution in [3.05, 3.63) is 28.3 Å². The summed E-state index contributed by atoms with van der Waals surface area (Å²) in [6.45, 7) is 5.95. The zero-order valence-corrected chi connectivity index (χ0v) is 14.4. The molecule has 1 amide bonds. The Balaban J connectivity index is 2.81. The molecule has 0 saturated heterocycles. The normalized spacial score (nSPS) is 11.8. The maximum absolute atomic E-state index is 11.8. The second kappa shape index (κ2) is 6.95. The lowest BCUT2D eigenvalue weighted by molar-refractivity contribution is -0.385. The lowest BCUT2D eigenvalue weighted by Gasteiger charge is -2.18. The summed E-state index contributed by atoms with van der Waals surface area (Å²) in [7, 11) is -3.62. The van der Waals surface area contributed by atoms with Gasteiger partial charge < -0.3 is 10.6 Å². The molecule has 0 aliphatic rings. The van der Waals surface area contributed by atoms with E-state index < -0.39 is 20.2 Å². The Kier molecular flexibility index (Phi) is 5.70. The van der Waals surface area contributed by atoms with Crippen molar-refractivity contribution in [1.29, 1.82) is 0 Å². The van der Waals surface area contributed by atoms with E-state index in [-0.39, 0.29) is 22.2 Å². The summed E-state index contributed by atoms with van der Waals surface area (Å²) in [6.07, 6.45) is 0.985. The second-order valence-corrected chi connectivity index (χ2v) is 8.13. The Morgan fingerprint density at radius 1 is 1.26 bits per heavy atom. The highest BCUT2D eigenvalue weighted by atomic mass is 32.2. The third kappa shape index (κ3) is 5.51. The van der Waals surface area contributed by atoms with Crippen molar-refractivity contribution in [2.45, 2.75) is 25.7 Å². The summed E-state index contributed by atoms with van der Waals surface area (Å²) >= 11 is 0. The Morgan fingerprint density at radius 3 is 2.35 bits per heavy atom. The average Bonchev–Trinajstić information content (AvgIpc) is 2.41. The molecule has 2 N–H and O–H groups in total. The molecule has 23 heavy (non-hydrogen) atoms. The lowest BCUT2D eigenvalue weighted by atomic mass is 9.96. The van der Waals surface area contributed by atoms with Crippen LogP contribution < -0.4 is 10.6 Å². The van der Waals surface area contributed by atoms with Gasteiger partial charge >= 0.3 is 0 Å². The SMILES string of the molecule is CC(C)(C)C(=O)NCCNc1ccc([N+](=O)[O-])cc1S(C)(=O)=O. The van der Waals surface area contributed by atoms with E-state index in [9.17, 15) is 23.3 Å². The van der Waals surface area contributed by atoms with Gasteiger partial charge in [0.1, 0.15) is 0 Å². The van der Waals surface area contributed by atoms with Gasteiger partial charge in [0.05, 0.1) is 15.5 Å². The minimum Gasteiger partial charge on any atom is -0.382 e. The Bertz CT molecular complexity index is 708. The van der Waals surface area contributed by atoms with Crippen LogP contribution in [0, 0.1) is 15.5 Å². The fourth-order valence-electron chi connectivity index (χ4n) is 1.72. The predicted octanol–water partition coefficient (Wildman–Crippen LogP) is 1.57. The van der Waals surface area contributed by atoms with Gasteiger partial charge in [-0.05, 0) is 6.07 Å². The number of benzene rings is 1. The van der Waals surface area contributed by atoms with Crippen LogP contribution in [-0.2, 0) is 14.6 Å². The van der Waals surface area contributed by atoms with E-state index in [1.165, 1.54) is 12.1 Å². The minimum atomic E-state index is -3.62. The first-order chi connectivity index (χ1) is 10.4. The summed E-state index contributed by atoms with van der Waals surface area (Å²) in [5, 5.41) is 16.4. The first-order valence-corrected chi connectivity index (χ1v) is 8.83. The molecule has 0 fully saturated rings. The van der Waals surface area contributed by atoms with E-state index in [4.69, 9.17) is 0 Å². The highest BCUT2D eigenvalue weighted by molar-refractivity contribution is 7.90. The molecule has 0 aliphatic carbocycles. The van der Waals surface area contributed by atoms with Crippen molar-refractivity contribution in [3.63, 3.8) is 0 Å². The number of hydrogen-bond acceptors (Lipinski definition) is 6. The molecule has 8 nitrogen and oxygen atoms in total. The molecule has 0 aromatic heterocycles.